The molecule has 0 amide bonds. The highest BCUT2D eigenvalue weighted by Crippen LogP contribution is 2.22. The van der Waals surface area contributed by atoms with E-state index in [1.54, 1.807) is 0 Å². The van der Waals surface area contributed by atoms with Gasteiger partial charge in [0.2, 0.25) is 0 Å². The summed E-state index contributed by atoms with van der Waals surface area (Å²) in [5.74, 6) is 1.14. The number of hydrogen-bond donors (Lipinski definition) is 1. The van der Waals surface area contributed by atoms with Gasteiger partial charge in [-0.1, -0.05) is 59.3 Å². The number of aliphatic hydroxyl groups excluding tert-OH is 1. The third-order valence-electron chi connectivity index (χ3n) is 5.15. The minimum Gasteiger partial charge on any atom is -0.489 e. The lowest BCUT2D eigenvalue weighted by Crippen LogP contribution is -2.13. The average molecular weight is 445 g/mol. The standard InChI is InChI=1S/C27H28N2O4/c1-20-3-7-23(8-4-20)27(29-31-2)19-33-25-11-5-21(6-12-25)18-32-26-13-9-22(10-14-26)24(17-28)15-16-30/h3-14,24,30H,15-16,18-19H2,1-2H3. The Kier molecular flexibility index (Phi) is 8.87. The van der Waals surface area contributed by atoms with Crippen molar-refractivity contribution in [3.63, 3.8) is 0 Å². The van der Waals surface area contributed by atoms with Crippen LogP contribution >= 0.6 is 0 Å². The smallest absolute Gasteiger partial charge is 0.134 e. The lowest BCUT2D eigenvalue weighted by molar-refractivity contribution is 0.210. The molecule has 0 fully saturated rings. The fraction of sp³-hybridized carbons (Fsp3) is 0.259. The molecule has 0 heterocycles. The van der Waals surface area contributed by atoms with E-state index in [-0.39, 0.29) is 12.5 Å². The van der Waals surface area contributed by atoms with E-state index < -0.39 is 0 Å². The first-order chi connectivity index (χ1) is 16.1. The minimum atomic E-state index is -0.308. The van der Waals surface area contributed by atoms with Gasteiger partial charge in [0.1, 0.15) is 37.5 Å². The molecule has 0 radical (unpaired) electrons. The van der Waals surface area contributed by atoms with Crippen LogP contribution in [-0.4, -0.2) is 31.1 Å². The van der Waals surface area contributed by atoms with E-state index in [1.165, 1.54) is 12.7 Å². The van der Waals surface area contributed by atoms with Gasteiger partial charge in [0.15, 0.2) is 0 Å². The molecule has 3 aromatic carbocycles. The molecule has 6 nitrogen and oxygen atoms in total. The fourth-order valence-corrected chi connectivity index (χ4v) is 3.25. The summed E-state index contributed by atoms with van der Waals surface area (Å²) in [6, 6.07) is 25.4. The number of benzene rings is 3. The van der Waals surface area contributed by atoms with Gasteiger partial charge in [-0.15, -0.1) is 0 Å². The largest absolute Gasteiger partial charge is 0.489 e. The maximum atomic E-state index is 9.20. The van der Waals surface area contributed by atoms with Crippen molar-refractivity contribution in [1.82, 2.24) is 0 Å². The second kappa shape index (κ2) is 12.3. The van der Waals surface area contributed by atoms with Crippen LogP contribution in [0.15, 0.2) is 78.0 Å². The van der Waals surface area contributed by atoms with Crippen LogP contribution in [0.3, 0.4) is 0 Å². The van der Waals surface area contributed by atoms with Crippen LogP contribution in [-0.2, 0) is 11.4 Å². The van der Waals surface area contributed by atoms with Gasteiger partial charge < -0.3 is 19.4 Å². The zero-order valence-corrected chi connectivity index (χ0v) is 18.9. The van der Waals surface area contributed by atoms with Gasteiger partial charge in [-0.3, -0.25) is 0 Å². The molecule has 6 heteroatoms. The highest BCUT2D eigenvalue weighted by Gasteiger charge is 2.10. The topological polar surface area (TPSA) is 84.1 Å². The van der Waals surface area contributed by atoms with Crippen LogP contribution < -0.4 is 9.47 Å². The third kappa shape index (κ3) is 7.09. The van der Waals surface area contributed by atoms with Crippen LogP contribution in [0.2, 0.25) is 0 Å². The summed E-state index contributed by atoms with van der Waals surface area (Å²) in [4.78, 5) is 4.97. The molecule has 33 heavy (non-hydrogen) atoms. The van der Waals surface area contributed by atoms with E-state index in [1.807, 2.05) is 79.7 Å². The highest BCUT2D eigenvalue weighted by molar-refractivity contribution is 6.01. The van der Waals surface area contributed by atoms with E-state index >= 15 is 0 Å². The number of aryl methyl sites for hydroxylation is 1. The molecule has 0 bridgehead atoms. The summed E-state index contributed by atoms with van der Waals surface area (Å²) in [7, 11) is 1.52. The zero-order chi connectivity index (χ0) is 23.5. The molecule has 1 unspecified atom stereocenters. The number of nitriles is 1. The van der Waals surface area contributed by atoms with Gasteiger partial charge in [-0.25, -0.2) is 0 Å². The Bertz CT molecular complexity index is 1070. The van der Waals surface area contributed by atoms with Crippen LogP contribution in [0, 0.1) is 18.3 Å². The molecular formula is C27H28N2O4. The van der Waals surface area contributed by atoms with E-state index in [9.17, 15) is 5.26 Å². The average Bonchev–Trinajstić information content (AvgIpc) is 2.85. The van der Waals surface area contributed by atoms with Crippen molar-refractivity contribution >= 4 is 5.71 Å². The van der Waals surface area contributed by atoms with Gasteiger partial charge >= 0.3 is 0 Å². The van der Waals surface area contributed by atoms with Crippen LogP contribution in [0.1, 0.15) is 34.6 Å². The van der Waals surface area contributed by atoms with Crippen molar-refractivity contribution in [2.24, 2.45) is 5.16 Å². The van der Waals surface area contributed by atoms with E-state index in [2.05, 4.69) is 11.2 Å². The predicted octanol–water partition coefficient (Wildman–Crippen LogP) is 4.99. The molecule has 170 valence electrons. The number of oxime groups is 1. The summed E-state index contributed by atoms with van der Waals surface area (Å²) in [6.45, 7) is 2.73. The second-order valence-corrected chi connectivity index (χ2v) is 7.57. The minimum absolute atomic E-state index is 0.0113. The Morgan fingerprint density at radius 1 is 0.939 bits per heavy atom. The second-order valence-electron chi connectivity index (χ2n) is 7.57. The Labute approximate surface area is 194 Å². The summed E-state index contributed by atoms with van der Waals surface area (Å²) < 4.78 is 11.7. The predicted molar refractivity (Wildman–Crippen MR) is 127 cm³/mol. The summed E-state index contributed by atoms with van der Waals surface area (Å²) in [5, 5.41) is 22.4. The van der Waals surface area contributed by atoms with Gasteiger partial charge in [-0.05, 0) is 48.7 Å². The van der Waals surface area contributed by atoms with Crippen molar-refractivity contribution < 1.29 is 19.4 Å². The molecule has 0 aromatic heterocycles. The maximum Gasteiger partial charge on any atom is 0.134 e. The molecule has 1 N–H and O–H groups in total. The van der Waals surface area contributed by atoms with E-state index in [4.69, 9.17) is 19.4 Å². The van der Waals surface area contributed by atoms with Gasteiger partial charge in [0.25, 0.3) is 0 Å². The fourth-order valence-electron chi connectivity index (χ4n) is 3.25. The first-order valence-corrected chi connectivity index (χ1v) is 10.7. The SMILES string of the molecule is CON=C(COc1ccc(COc2ccc(C(C#N)CCO)cc2)cc1)c1ccc(C)cc1. The lowest BCUT2D eigenvalue weighted by Gasteiger charge is -2.11. The molecule has 0 saturated heterocycles. The summed E-state index contributed by atoms with van der Waals surface area (Å²) >= 11 is 0. The number of hydrogen-bond acceptors (Lipinski definition) is 6. The molecule has 0 spiro atoms. The Hall–Kier alpha value is -3.82. The number of aliphatic hydroxyl groups is 1. The highest BCUT2D eigenvalue weighted by atomic mass is 16.6. The molecule has 0 aliphatic heterocycles. The quantitative estimate of drug-likeness (QED) is 0.333. The van der Waals surface area contributed by atoms with Crippen molar-refractivity contribution in [2.45, 2.75) is 25.9 Å². The van der Waals surface area contributed by atoms with Crippen LogP contribution in [0.5, 0.6) is 11.5 Å². The lowest BCUT2D eigenvalue weighted by atomic mass is 9.98. The van der Waals surface area contributed by atoms with Crippen LogP contribution in [0.4, 0.5) is 0 Å². The zero-order valence-electron chi connectivity index (χ0n) is 18.9. The Morgan fingerprint density at radius 3 is 2.18 bits per heavy atom. The number of ether oxygens (including phenoxy) is 2. The first-order valence-electron chi connectivity index (χ1n) is 10.7. The molecular weight excluding hydrogens is 416 g/mol. The molecule has 1 atom stereocenters. The van der Waals surface area contributed by atoms with Crippen molar-refractivity contribution in [3.8, 4) is 17.6 Å². The maximum absolute atomic E-state index is 9.20. The molecule has 3 rings (SSSR count). The van der Waals surface area contributed by atoms with E-state index in [0.29, 0.717) is 25.3 Å². The summed E-state index contributed by atoms with van der Waals surface area (Å²) in [6.07, 6.45) is 0.426. The van der Waals surface area contributed by atoms with E-state index in [0.717, 1.165) is 28.2 Å². The Morgan fingerprint density at radius 2 is 1.58 bits per heavy atom. The molecule has 3 aromatic rings. The van der Waals surface area contributed by atoms with Crippen molar-refractivity contribution in [2.75, 3.05) is 20.3 Å². The van der Waals surface area contributed by atoms with Crippen LogP contribution in [0.25, 0.3) is 0 Å². The number of nitrogens with zero attached hydrogens (tertiary/aromatic N) is 2. The van der Waals surface area contributed by atoms with Gasteiger partial charge in [0.05, 0.1) is 12.0 Å². The number of rotatable bonds is 11. The first kappa shape index (κ1) is 23.8. The monoisotopic (exact) mass is 444 g/mol. The molecule has 0 saturated carbocycles. The van der Waals surface area contributed by atoms with Crippen molar-refractivity contribution in [3.05, 3.63) is 95.1 Å². The Balaban J connectivity index is 1.53. The van der Waals surface area contributed by atoms with Gasteiger partial charge in [0, 0.05) is 12.2 Å². The van der Waals surface area contributed by atoms with Crippen molar-refractivity contribution in [1.29, 1.82) is 5.26 Å². The third-order valence-corrected chi connectivity index (χ3v) is 5.15. The normalized spacial score (nSPS) is 12.0. The van der Waals surface area contributed by atoms with Gasteiger partial charge in [-0.2, -0.15) is 5.26 Å². The molecule has 0 aliphatic carbocycles. The molecule has 0 aliphatic rings. The summed E-state index contributed by atoms with van der Waals surface area (Å²) in [5.41, 5.74) is 4.73.